The second-order valence-electron chi connectivity index (χ2n) is 5.27. The molecular formula is C15H17N5O2S. The molecule has 0 unspecified atom stereocenters. The molecule has 1 aliphatic rings. The van der Waals surface area contributed by atoms with Crippen LogP contribution in [-0.4, -0.2) is 52.9 Å². The number of hydrogen-bond donors (Lipinski definition) is 1. The van der Waals surface area contributed by atoms with Crippen molar-refractivity contribution >= 4 is 29.0 Å². The number of carbonyl (C=O) groups excluding carboxylic acids is 2. The van der Waals surface area contributed by atoms with Crippen molar-refractivity contribution in [3.8, 4) is 0 Å². The minimum Gasteiger partial charge on any atom is -0.365 e. The Hall–Kier alpha value is -2.48. The van der Waals surface area contributed by atoms with Crippen LogP contribution in [0.2, 0.25) is 0 Å². The number of rotatable bonds is 3. The SMILES string of the molecule is Cc1nccc(N2CCN(C(=O)c3ccc(C(N)=O)s3)CC2)n1. The van der Waals surface area contributed by atoms with E-state index < -0.39 is 5.91 Å². The minimum atomic E-state index is -0.502. The molecule has 0 radical (unpaired) electrons. The van der Waals surface area contributed by atoms with Crippen LogP contribution in [0.5, 0.6) is 0 Å². The quantitative estimate of drug-likeness (QED) is 0.902. The zero-order valence-corrected chi connectivity index (χ0v) is 13.5. The Morgan fingerprint density at radius 2 is 1.83 bits per heavy atom. The Labute approximate surface area is 137 Å². The van der Waals surface area contributed by atoms with Gasteiger partial charge >= 0.3 is 0 Å². The molecule has 120 valence electrons. The molecule has 2 amide bonds. The number of aryl methyl sites for hydroxylation is 1. The molecule has 23 heavy (non-hydrogen) atoms. The van der Waals surface area contributed by atoms with Crippen molar-refractivity contribution in [2.24, 2.45) is 5.73 Å². The number of amides is 2. The first-order valence-electron chi connectivity index (χ1n) is 7.28. The highest BCUT2D eigenvalue weighted by Gasteiger charge is 2.24. The van der Waals surface area contributed by atoms with Crippen molar-refractivity contribution in [1.82, 2.24) is 14.9 Å². The first kappa shape index (κ1) is 15.4. The van der Waals surface area contributed by atoms with E-state index in [1.165, 1.54) is 0 Å². The average molecular weight is 331 g/mol. The molecule has 0 aliphatic carbocycles. The van der Waals surface area contributed by atoms with Crippen molar-refractivity contribution < 1.29 is 9.59 Å². The molecule has 1 aliphatic heterocycles. The maximum atomic E-state index is 12.5. The predicted octanol–water partition coefficient (Wildman–Crippen LogP) is 0.908. The van der Waals surface area contributed by atoms with Gasteiger partial charge in [-0.15, -0.1) is 11.3 Å². The molecule has 2 aromatic rings. The Kier molecular flexibility index (Phi) is 4.24. The zero-order valence-electron chi connectivity index (χ0n) is 12.7. The maximum Gasteiger partial charge on any atom is 0.264 e. The van der Waals surface area contributed by atoms with Crippen molar-refractivity contribution in [3.63, 3.8) is 0 Å². The van der Waals surface area contributed by atoms with Gasteiger partial charge in [0.15, 0.2) is 0 Å². The fourth-order valence-electron chi connectivity index (χ4n) is 2.50. The van der Waals surface area contributed by atoms with E-state index in [0.29, 0.717) is 22.8 Å². The molecule has 1 saturated heterocycles. The number of anilines is 1. The van der Waals surface area contributed by atoms with Crippen LogP contribution < -0.4 is 10.6 Å². The van der Waals surface area contributed by atoms with Crippen LogP contribution in [0.1, 0.15) is 25.2 Å². The minimum absolute atomic E-state index is 0.0546. The fraction of sp³-hybridized carbons (Fsp3) is 0.333. The lowest BCUT2D eigenvalue weighted by atomic mass is 10.3. The summed E-state index contributed by atoms with van der Waals surface area (Å²) in [6.07, 6.45) is 1.74. The number of hydrogen-bond acceptors (Lipinski definition) is 6. The number of carbonyl (C=O) groups is 2. The van der Waals surface area contributed by atoms with Crippen molar-refractivity contribution in [2.45, 2.75) is 6.92 Å². The highest BCUT2D eigenvalue weighted by molar-refractivity contribution is 7.15. The molecule has 2 N–H and O–H groups in total. The molecule has 0 bridgehead atoms. The van der Waals surface area contributed by atoms with Gasteiger partial charge in [0.2, 0.25) is 0 Å². The van der Waals surface area contributed by atoms with Gasteiger partial charge in [-0.05, 0) is 25.1 Å². The third-order valence-corrected chi connectivity index (χ3v) is 4.80. The van der Waals surface area contributed by atoms with E-state index >= 15 is 0 Å². The molecular weight excluding hydrogens is 314 g/mol. The molecule has 0 saturated carbocycles. The molecule has 0 atom stereocenters. The highest BCUT2D eigenvalue weighted by atomic mass is 32.1. The van der Waals surface area contributed by atoms with E-state index in [1.807, 2.05) is 13.0 Å². The summed E-state index contributed by atoms with van der Waals surface area (Å²) in [4.78, 5) is 37.0. The van der Waals surface area contributed by atoms with Gasteiger partial charge in [0.05, 0.1) is 9.75 Å². The number of thiophene rings is 1. The van der Waals surface area contributed by atoms with Gasteiger partial charge in [0.1, 0.15) is 11.6 Å². The summed E-state index contributed by atoms with van der Waals surface area (Å²) in [6.45, 7) is 4.53. The smallest absolute Gasteiger partial charge is 0.264 e. The van der Waals surface area contributed by atoms with Gasteiger partial charge in [0, 0.05) is 32.4 Å². The van der Waals surface area contributed by atoms with Gasteiger partial charge in [0.25, 0.3) is 11.8 Å². The van der Waals surface area contributed by atoms with Crippen LogP contribution in [0.25, 0.3) is 0 Å². The summed E-state index contributed by atoms with van der Waals surface area (Å²) in [5.74, 6) is 1.06. The lowest BCUT2D eigenvalue weighted by Crippen LogP contribution is -2.49. The third-order valence-electron chi connectivity index (χ3n) is 3.71. The van der Waals surface area contributed by atoms with Gasteiger partial charge in [-0.1, -0.05) is 0 Å². The van der Waals surface area contributed by atoms with Gasteiger partial charge in [-0.3, -0.25) is 9.59 Å². The molecule has 0 spiro atoms. The standard InChI is InChI=1S/C15H17N5O2S/c1-10-17-5-4-13(18-10)19-6-8-20(9-7-19)15(22)12-3-2-11(23-12)14(16)21/h2-5H,6-9H2,1H3,(H2,16,21). The van der Waals surface area contributed by atoms with Crippen LogP contribution >= 0.6 is 11.3 Å². The van der Waals surface area contributed by atoms with Crippen LogP contribution in [0.3, 0.4) is 0 Å². The highest BCUT2D eigenvalue weighted by Crippen LogP contribution is 2.20. The van der Waals surface area contributed by atoms with Crippen LogP contribution in [0.4, 0.5) is 5.82 Å². The molecule has 2 aromatic heterocycles. The summed E-state index contributed by atoms with van der Waals surface area (Å²) >= 11 is 1.14. The molecule has 8 heteroatoms. The van der Waals surface area contributed by atoms with Gasteiger partial charge < -0.3 is 15.5 Å². The zero-order chi connectivity index (χ0) is 16.4. The van der Waals surface area contributed by atoms with Gasteiger partial charge in [-0.25, -0.2) is 9.97 Å². The molecule has 3 rings (SSSR count). The van der Waals surface area contributed by atoms with Crippen LogP contribution in [-0.2, 0) is 0 Å². The first-order valence-corrected chi connectivity index (χ1v) is 8.10. The van der Waals surface area contributed by atoms with E-state index in [1.54, 1.807) is 23.2 Å². The van der Waals surface area contributed by atoms with Crippen LogP contribution in [0.15, 0.2) is 24.4 Å². The van der Waals surface area contributed by atoms with E-state index in [-0.39, 0.29) is 5.91 Å². The largest absolute Gasteiger partial charge is 0.365 e. The number of piperazine rings is 1. The van der Waals surface area contributed by atoms with Crippen molar-refractivity contribution in [3.05, 3.63) is 40.0 Å². The average Bonchev–Trinajstić information content (AvgIpc) is 3.04. The summed E-state index contributed by atoms with van der Waals surface area (Å²) in [7, 11) is 0. The number of aromatic nitrogens is 2. The molecule has 3 heterocycles. The summed E-state index contributed by atoms with van der Waals surface area (Å²) in [6, 6.07) is 5.14. The monoisotopic (exact) mass is 331 g/mol. The predicted molar refractivity (Wildman–Crippen MR) is 87.7 cm³/mol. The maximum absolute atomic E-state index is 12.5. The Balaban J connectivity index is 1.64. The second-order valence-corrected chi connectivity index (χ2v) is 6.35. The topological polar surface area (TPSA) is 92.4 Å². The van der Waals surface area contributed by atoms with Gasteiger partial charge in [-0.2, -0.15) is 0 Å². The third kappa shape index (κ3) is 3.31. The van der Waals surface area contributed by atoms with E-state index in [0.717, 1.165) is 36.1 Å². The lowest BCUT2D eigenvalue weighted by molar-refractivity contribution is 0.0751. The fourth-order valence-corrected chi connectivity index (χ4v) is 3.33. The molecule has 0 aromatic carbocycles. The summed E-state index contributed by atoms with van der Waals surface area (Å²) < 4.78 is 0. The van der Waals surface area contributed by atoms with E-state index in [4.69, 9.17) is 5.73 Å². The number of nitrogens with zero attached hydrogens (tertiary/aromatic N) is 4. The van der Waals surface area contributed by atoms with E-state index in [2.05, 4.69) is 14.9 Å². The normalized spacial score (nSPS) is 14.8. The second kappa shape index (κ2) is 6.33. The Morgan fingerprint density at radius 1 is 1.13 bits per heavy atom. The van der Waals surface area contributed by atoms with Crippen molar-refractivity contribution in [2.75, 3.05) is 31.1 Å². The van der Waals surface area contributed by atoms with Crippen molar-refractivity contribution in [1.29, 1.82) is 0 Å². The lowest BCUT2D eigenvalue weighted by Gasteiger charge is -2.35. The Morgan fingerprint density at radius 3 is 2.43 bits per heavy atom. The number of nitrogens with two attached hydrogens (primary N) is 1. The van der Waals surface area contributed by atoms with E-state index in [9.17, 15) is 9.59 Å². The first-order chi connectivity index (χ1) is 11.0. The Bertz CT molecular complexity index is 737. The molecule has 1 fully saturated rings. The van der Waals surface area contributed by atoms with Crippen LogP contribution in [0, 0.1) is 6.92 Å². The summed E-state index contributed by atoms with van der Waals surface area (Å²) in [5, 5.41) is 0. The number of primary amides is 1. The molecule has 7 nitrogen and oxygen atoms in total. The summed E-state index contributed by atoms with van der Waals surface area (Å²) in [5.41, 5.74) is 5.23.